The summed E-state index contributed by atoms with van der Waals surface area (Å²) in [5.41, 5.74) is 6.22. The molecule has 8 nitrogen and oxygen atoms in total. The Morgan fingerprint density at radius 1 is 0.933 bits per heavy atom. The van der Waals surface area contributed by atoms with Crippen LogP contribution < -0.4 is 15.2 Å². The molecule has 2 saturated heterocycles. The van der Waals surface area contributed by atoms with Crippen LogP contribution in [-0.2, 0) is 13.1 Å². The number of hydrogen-bond donors (Lipinski definition) is 1. The summed E-state index contributed by atoms with van der Waals surface area (Å²) in [6.07, 6.45) is 11.0. The van der Waals surface area contributed by atoms with Crippen LogP contribution in [0.2, 0.25) is 0 Å². The lowest BCUT2D eigenvalue weighted by atomic mass is 10.0. The van der Waals surface area contributed by atoms with E-state index in [0.29, 0.717) is 61.7 Å². The quantitative estimate of drug-likeness (QED) is 0.282. The largest absolute Gasteiger partial charge is 0.393 e. The second kappa shape index (κ2) is 12.5. The standard InChI is InChI=1S/C36H43FN6O2/c1-24-5-6-29(19-39-24)41-13-3-4-30(23-41)42(20-26-9-12-38-25(2)16-26)21-27-22-43(28-7-8-28)34-18-35(33(37)17-32(34)36(27)45)40-14-10-31(44)11-15-40/h5-6,9,12,16-19,22,28,30-31,44H,3-4,7-8,10-11,13-15,20-21,23H2,1-2H3/t30-/m0/s1. The summed E-state index contributed by atoms with van der Waals surface area (Å²) in [5, 5.41) is 10.4. The number of halogens is 1. The average Bonchev–Trinajstić information content (AvgIpc) is 3.89. The lowest BCUT2D eigenvalue weighted by Gasteiger charge is -2.40. The highest BCUT2D eigenvalue weighted by Crippen LogP contribution is 2.38. The fourth-order valence-corrected chi connectivity index (χ4v) is 7.14. The van der Waals surface area contributed by atoms with Crippen molar-refractivity contribution in [2.24, 2.45) is 0 Å². The van der Waals surface area contributed by atoms with Gasteiger partial charge in [0.05, 0.1) is 29.2 Å². The Balaban J connectivity index is 1.24. The number of nitrogens with zero attached hydrogens (tertiary/aromatic N) is 6. The van der Waals surface area contributed by atoms with E-state index < -0.39 is 0 Å². The van der Waals surface area contributed by atoms with Gasteiger partial charge in [-0.1, -0.05) is 0 Å². The van der Waals surface area contributed by atoms with Crippen LogP contribution in [0.4, 0.5) is 15.8 Å². The fraction of sp³-hybridized carbons (Fsp3) is 0.472. The number of anilines is 2. The van der Waals surface area contributed by atoms with Gasteiger partial charge in [0.2, 0.25) is 0 Å². The number of rotatable bonds is 8. The van der Waals surface area contributed by atoms with E-state index >= 15 is 4.39 Å². The lowest BCUT2D eigenvalue weighted by molar-refractivity contribution is 0.145. The predicted molar refractivity (Wildman–Crippen MR) is 176 cm³/mol. The molecule has 1 aromatic carbocycles. The van der Waals surface area contributed by atoms with Gasteiger partial charge < -0.3 is 19.5 Å². The van der Waals surface area contributed by atoms with E-state index in [4.69, 9.17) is 0 Å². The van der Waals surface area contributed by atoms with E-state index in [9.17, 15) is 9.90 Å². The molecular formula is C36H43FN6O2. The zero-order valence-electron chi connectivity index (χ0n) is 26.3. The molecule has 2 aliphatic heterocycles. The van der Waals surface area contributed by atoms with E-state index in [0.717, 1.165) is 61.4 Å². The van der Waals surface area contributed by atoms with Crippen molar-refractivity contribution in [3.05, 3.63) is 93.5 Å². The van der Waals surface area contributed by atoms with Crippen molar-refractivity contribution in [1.82, 2.24) is 19.4 Å². The first-order chi connectivity index (χ1) is 21.8. The number of aliphatic hydroxyl groups excluding tert-OH is 1. The number of benzene rings is 1. The highest BCUT2D eigenvalue weighted by Gasteiger charge is 2.30. The highest BCUT2D eigenvalue weighted by molar-refractivity contribution is 5.84. The van der Waals surface area contributed by atoms with Crippen molar-refractivity contribution in [2.45, 2.75) is 83.6 Å². The monoisotopic (exact) mass is 610 g/mol. The first-order valence-corrected chi connectivity index (χ1v) is 16.5. The maximum absolute atomic E-state index is 15.7. The Labute approximate surface area is 264 Å². The summed E-state index contributed by atoms with van der Waals surface area (Å²) in [6, 6.07) is 12.3. The molecule has 0 unspecified atom stereocenters. The van der Waals surface area contributed by atoms with E-state index in [2.05, 4.69) is 54.8 Å². The Morgan fingerprint density at radius 3 is 2.49 bits per heavy atom. The van der Waals surface area contributed by atoms with Gasteiger partial charge in [-0.2, -0.15) is 0 Å². The molecule has 45 heavy (non-hydrogen) atoms. The van der Waals surface area contributed by atoms with Gasteiger partial charge in [-0.05, 0) is 94.3 Å². The van der Waals surface area contributed by atoms with E-state index in [-0.39, 0.29) is 23.4 Å². The first kappa shape index (κ1) is 29.9. The number of hydrogen-bond acceptors (Lipinski definition) is 7. The molecule has 3 aromatic heterocycles. The number of fused-ring (bicyclic) bond motifs is 1. The molecule has 7 rings (SSSR count). The minimum atomic E-state index is -0.366. The van der Waals surface area contributed by atoms with E-state index in [1.54, 1.807) is 0 Å². The van der Waals surface area contributed by atoms with Crippen LogP contribution in [0, 0.1) is 19.7 Å². The Bertz CT molecular complexity index is 1730. The van der Waals surface area contributed by atoms with Gasteiger partial charge in [-0.3, -0.25) is 19.7 Å². The summed E-state index contributed by atoms with van der Waals surface area (Å²) < 4.78 is 17.9. The molecule has 236 valence electrons. The third-order valence-electron chi connectivity index (χ3n) is 9.81. The molecule has 3 fully saturated rings. The molecule has 1 N–H and O–H groups in total. The second-order valence-corrected chi connectivity index (χ2v) is 13.3. The van der Waals surface area contributed by atoms with Gasteiger partial charge in [0.15, 0.2) is 5.43 Å². The Morgan fingerprint density at radius 2 is 1.76 bits per heavy atom. The summed E-state index contributed by atoms with van der Waals surface area (Å²) in [4.78, 5) is 30.0. The lowest BCUT2D eigenvalue weighted by Crippen LogP contribution is -2.48. The van der Waals surface area contributed by atoms with E-state index in [1.807, 2.05) is 37.2 Å². The molecule has 0 spiro atoms. The van der Waals surface area contributed by atoms with Crippen LogP contribution in [0.15, 0.2) is 59.8 Å². The van der Waals surface area contributed by atoms with Crippen LogP contribution in [0.3, 0.4) is 0 Å². The summed E-state index contributed by atoms with van der Waals surface area (Å²) in [5.74, 6) is -0.366. The van der Waals surface area contributed by atoms with Crippen LogP contribution >= 0.6 is 0 Å². The van der Waals surface area contributed by atoms with Crippen molar-refractivity contribution >= 4 is 22.3 Å². The van der Waals surface area contributed by atoms with Gasteiger partial charge in [-0.15, -0.1) is 0 Å². The Hall–Kier alpha value is -3.82. The van der Waals surface area contributed by atoms with Crippen molar-refractivity contribution < 1.29 is 9.50 Å². The molecule has 9 heteroatoms. The van der Waals surface area contributed by atoms with Gasteiger partial charge in [0.1, 0.15) is 5.82 Å². The average molecular weight is 611 g/mol. The normalized spacial score (nSPS) is 19.5. The highest BCUT2D eigenvalue weighted by atomic mass is 19.1. The third-order valence-corrected chi connectivity index (χ3v) is 9.81. The maximum atomic E-state index is 15.7. The van der Waals surface area contributed by atoms with Crippen LogP contribution in [0.5, 0.6) is 0 Å². The molecule has 1 atom stereocenters. The zero-order chi connectivity index (χ0) is 31.1. The third kappa shape index (κ3) is 6.47. The number of aliphatic hydroxyl groups is 1. The summed E-state index contributed by atoms with van der Waals surface area (Å²) in [7, 11) is 0. The first-order valence-electron chi connectivity index (χ1n) is 16.5. The zero-order valence-corrected chi connectivity index (χ0v) is 26.3. The van der Waals surface area contributed by atoms with Gasteiger partial charge in [-0.25, -0.2) is 4.39 Å². The van der Waals surface area contributed by atoms with Crippen LogP contribution in [0.25, 0.3) is 10.9 Å². The van der Waals surface area contributed by atoms with Gasteiger partial charge in [0, 0.05) is 86.1 Å². The van der Waals surface area contributed by atoms with Gasteiger partial charge in [0.25, 0.3) is 0 Å². The number of pyridine rings is 3. The molecule has 0 amide bonds. The maximum Gasteiger partial charge on any atom is 0.193 e. The molecule has 1 saturated carbocycles. The summed E-state index contributed by atoms with van der Waals surface area (Å²) >= 11 is 0. The van der Waals surface area contributed by atoms with Crippen LogP contribution in [0.1, 0.15) is 67.1 Å². The molecule has 1 aliphatic carbocycles. The molecule has 0 bridgehead atoms. The van der Waals surface area contributed by atoms with E-state index in [1.165, 1.54) is 11.6 Å². The molecule has 0 radical (unpaired) electrons. The molecule has 3 aliphatic rings. The number of aryl methyl sites for hydroxylation is 2. The van der Waals surface area contributed by atoms with Crippen molar-refractivity contribution in [1.29, 1.82) is 0 Å². The molecule has 4 aromatic rings. The Kier molecular flexibility index (Phi) is 8.31. The minimum absolute atomic E-state index is 0.0901. The summed E-state index contributed by atoms with van der Waals surface area (Å²) in [6.45, 7) is 8.24. The predicted octanol–water partition coefficient (Wildman–Crippen LogP) is 5.51. The number of aromatic nitrogens is 3. The fourth-order valence-electron chi connectivity index (χ4n) is 7.14. The minimum Gasteiger partial charge on any atom is -0.393 e. The van der Waals surface area contributed by atoms with Crippen molar-refractivity contribution in [2.75, 3.05) is 36.0 Å². The SMILES string of the molecule is Cc1ccc(N2CCC[C@H](N(Cc3ccnc(C)c3)Cc3cn(C4CC4)c4cc(N5CCC(O)CC5)c(F)cc4c3=O)C2)cn1. The number of piperidine rings is 2. The molecule has 5 heterocycles. The van der Waals surface area contributed by atoms with Crippen molar-refractivity contribution in [3.8, 4) is 0 Å². The van der Waals surface area contributed by atoms with Crippen LogP contribution in [-0.4, -0.2) is 62.9 Å². The smallest absolute Gasteiger partial charge is 0.193 e. The second-order valence-electron chi connectivity index (χ2n) is 13.3. The molecular weight excluding hydrogens is 567 g/mol. The van der Waals surface area contributed by atoms with Gasteiger partial charge >= 0.3 is 0 Å². The van der Waals surface area contributed by atoms with Crippen molar-refractivity contribution in [3.63, 3.8) is 0 Å². The topological polar surface area (TPSA) is 77.7 Å².